The van der Waals surface area contributed by atoms with Gasteiger partial charge >= 0.3 is 0 Å². The molecule has 1 N–H and O–H groups in total. The van der Waals surface area contributed by atoms with Crippen LogP contribution in [0.15, 0.2) is 12.7 Å². The molecular weight excluding hydrogens is 208 g/mol. The predicted octanol–water partition coefficient (Wildman–Crippen LogP) is 3.75. The van der Waals surface area contributed by atoms with Gasteiger partial charge in [0.15, 0.2) is 0 Å². The van der Waals surface area contributed by atoms with Crippen molar-refractivity contribution >= 4 is 11.6 Å². The molecule has 1 aliphatic carbocycles. The lowest BCUT2D eigenvalue weighted by molar-refractivity contribution is 0.0469. The molecule has 0 bridgehead atoms. The summed E-state index contributed by atoms with van der Waals surface area (Å²) >= 11 is 5.68. The summed E-state index contributed by atoms with van der Waals surface area (Å²) in [7, 11) is 0. The van der Waals surface area contributed by atoms with Crippen molar-refractivity contribution in [3.8, 4) is 0 Å². The first-order valence-electron chi connectivity index (χ1n) is 6.16. The lowest BCUT2D eigenvalue weighted by atomic mass is 9.79. The second-order valence-corrected chi connectivity index (χ2v) is 5.00. The SMILES string of the molecule is C=C[C@H](CCCCl)[C@H](O)C1CCCCC1. The quantitative estimate of drug-likeness (QED) is 0.544. The minimum absolute atomic E-state index is 0.189. The summed E-state index contributed by atoms with van der Waals surface area (Å²) in [5.41, 5.74) is 0. The summed E-state index contributed by atoms with van der Waals surface area (Å²) in [4.78, 5) is 0. The Morgan fingerprint density at radius 1 is 1.33 bits per heavy atom. The van der Waals surface area contributed by atoms with Gasteiger partial charge in [0.05, 0.1) is 6.10 Å². The molecule has 2 heteroatoms. The van der Waals surface area contributed by atoms with Gasteiger partial charge in [0.25, 0.3) is 0 Å². The molecule has 0 heterocycles. The minimum Gasteiger partial charge on any atom is -0.392 e. The van der Waals surface area contributed by atoms with Crippen molar-refractivity contribution in [3.05, 3.63) is 12.7 Å². The van der Waals surface area contributed by atoms with E-state index < -0.39 is 0 Å². The van der Waals surface area contributed by atoms with Gasteiger partial charge in [0, 0.05) is 11.8 Å². The van der Waals surface area contributed by atoms with Gasteiger partial charge in [-0.1, -0.05) is 25.3 Å². The van der Waals surface area contributed by atoms with Gasteiger partial charge in [-0.05, 0) is 31.6 Å². The molecule has 1 saturated carbocycles. The van der Waals surface area contributed by atoms with Gasteiger partial charge in [-0.15, -0.1) is 18.2 Å². The molecule has 15 heavy (non-hydrogen) atoms. The summed E-state index contributed by atoms with van der Waals surface area (Å²) in [5, 5.41) is 10.2. The highest BCUT2D eigenvalue weighted by atomic mass is 35.5. The van der Waals surface area contributed by atoms with Crippen LogP contribution in [0.1, 0.15) is 44.9 Å². The number of rotatable bonds is 6. The molecule has 0 aromatic carbocycles. The lowest BCUT2D eigenvalue weighted by Crippen LogP contribution is -2.29. The molecule has 2 atom stereocenters. The van der Waals surface area contributed by atoms with Crippen LogP contribution in [0, 0.1) is 11.8 Å². The van der Waals surface area contributed by atoms with E-state index in [-0.39, 0.29) is 12.0 Å². The lowest BCUT2D eigenvalue weighted by Gasteiger charge is -2.30. The van der Waals surface area contributed by atoms with Crippen molar-refractivity contribution in [2.24, 2.45) is 11.8 Å². The van der Waals surface area contributed by atoms with Gasteiger partial charge in [-0.3, -0.25) is 0 Å². The molecule has 0 aromatic rings. The molecule has 0 unspecified atom stereocenters. The second-order valence-electron chi connectivity index (χ2n) is 4.62. The van der Waals surface area contributed by atoms with Gasteiger partial charge in [-0.25, -0.2) is 0 Å². The van der Waals surface area contributed by atoms with Crippen LogP contribution >= 0.6 is 11.6 Å². The van der Waals surface area contributed by atoms with E-state index in [1.165, 1.54) is 32.1 Å². The Morgan fingerprint density at radius 2 is 2.00 bits per heavy atom. The molecule has 0 saturated heterocycles. The summed E-state index contributed by atoms with van der Waals surface area (Å²) in [6, 6.07) is 0. The number of hydrogen-bond acceptors (Lipinski definition) is 1. The van der Waals surface area contributed by atoms with E-state index in [9.17, 15) is 5.11 Å². The largest absolute Gasteiger partial charge is 0.392 e. The first-order valence-corrected chi connectivity index (χ1v) is 6.69. The summed E-state index contributed by atoms with van der Waals surface area (Å²) < 4.78 is 0. The third kappa shape index (κ3) is 4.16. The molecule has 88 valence electrons. The molecule has 1 rings (SSSR count). The molecule has 0 aliphatic heterocycles. The number of aliphatic hydroxyl groups is 1. The van der Waals surface area contributed by atoms with E-state index >= 15 is 0 Å². The van der Waals surface area contributed by atoms with Crippen LogP contribution in [-0.2, 0) is 0 Å². The maximum Gasteiger partial charge on any atom is 0.0630 e. The Balaban J connectivity index is 2.39. The smallest absolute Gasteiger partial charge is 0.0630 e. The van der Waals surface area contributed by atoms with Crippen molar-refractivity contribution in [1.29, 1.82) is 0 Å². The second kappa shape index (κ2) is 7.29. The van der Waals surface area contributed by atoms with Crippen LogP contribution in [0.3, 0.4) is 0 Å². The van der Waals surface area contributed by atoms with Gasteiger partial charge in [-0.2, -0.15) is 0 Å². The number of halogens is 1. The molecule has 0 spiro atoms. The highest BCUT2D eigenvalue weighted by Gasteiger charge is 2.26. The standard InChI is InChI=1S/C13H23ClO/c1-2-11(9-6-10-14)13(15)12-7-4-3-5-8-12/h2,11-13,15H,1,3-10H2/t11-,13+/m1/s1. The fraction of sp³-hybridized carbons (Fsp3) is 0.846. The zero-order valence-corrected chi connectivity index (χ0v) is 10.3. The molecule has 0 amide bonds. The van der Waals surface area contributed by atoms with Crippen molar-refractivity contribution in [2.75, 3.05) is 5.88 Å². The Hall–Kier alpha value is -0.0100. The fourth-order valence-corrected chi connectivity index (χ4v) is 2.72. The zero-order valence-electron chi connectivity index (χ0n) is 9.50. The van der Waals surface area contributed by atoms with E-state index in [1.54, 1.807) is 0 Å². The fourth-order valence-electron chi connectivity index (χ4n) is 2.57. The summed E-state index contributed by atoms with van der Waals surface area (Å²) in [5.74, 6) is 1.42. The average molecular weight is 231 g/mol. The third-order valence-corrected chi connectivity index (χ3v) is 3.81. The first-order chi connectivity index (χ1) is 7.29. The van der Waals surface area contributed by atoms with Crippen molar-refractivity contribution in [1.82, 2.24) is 0 Å². The normalized spacial score (nSPS) is 22.3. The van der Waals surface area contributed by atoms with Crippen LogP contribution in [0.5, 0.6) is 0 Å². The highest BCUT2D eigenvalue weighted by Crippen LogP contribution is 2.31. The van der Waals surface area contributed by atoms with E-state index in [1.807, 2.05) is 6.08 Å². The van der Waals surface area contributed by atoms with E-state index in [2.05, 4.69) is 6.58 Å². The van der Waals surface area contributed by atoms with Crippen molar-refractivity contribution < 1.29 is 5.11 Å². The average Bonchev–Trinajstić information content (AvgIpc) is 2.31. The third-order valence-electron chi connectivity index (χ3n) is 3.55. The van der Waals surface area contributed by atoms with Crippen molar-refractivity contribution in [3.63, 3.8) is 0 Å². The monoisotopic (exact) mass is 230 g/mol. The number of hydrogen-bond donors (Lipinski definition) is 1. The van der Waals surface area contributed by atoms with Crippen LogP contribution in [0.25, 0.3) is 0 Å². The molecule has 0 radical (unpaired) electrons. The van der Waals surface area contributed by atoms with Crippen LogP contribution in [-0.4, -0.2) is 17.1 Å². The Labute approximate surface area is 98.5 Å². The van der Waals surface area contributed by atoms with E-state index in [4.69, 9.17) is 11.6 Å². The molecular formula is C13H23ClO. The number of alkyl halides is 1. The summed E-state index contributed by atoms with van der Waals surface area (Å²) in [6.07, 6.45) is 9.94. The maximum atomic E-state index is 10.2. The minimum atomic E-state index is -0.189. The van der Waals surface area contributed by atoms with E-state index in [0.29, 0.717) is 11.8 Å². The van der Waals surface area contributed by atoms with Crippen LogP contribution < -0.4 is 0 Å². The van der Waals surface area contributed by atoms with Gasteiger partial charge < -0.3 is 5.11 Å². The molecule has 1 aliphatic rings. The number of aliphatic hydroxyl groups excluding tert-OH is 1. The Bertz CT molecular complexity index is 175. The Kier molecular flexibility index (Phi) is 6.35. The first kappa shape index (κ1) is 13.1. The topological polar surface area (TPSA) is 20.2 Å². The maximum absolute atomic E-state index is 10.2. The summed E-state index contributed by atoms with van der Waals surface area (Å²) in [6.45, 7) is 3.83. The van der Waals surface area contributed by atoms with E-state index in [0.717, 1.165) is 12.8 Å². The molecule has 1 nitrogen and oxygen atoms in total. The van der Waals surface area contributed by atoms with Crippen LogP contribution in [0.2, 0.25) is 0 Å². The van der Waals surface area contributed by atoms with Gasteiger partial charge in [0.1, 0.15) is 0 Å². The van der Waals surface area contributed by atoms with Crippen LogP contribution in [0.4, 0.5) is 0 Å². The zero-order chi connectivity index (χ0) is 11.1. The molecule has 0 aromatic heterocycles. The Morgan fingerprint density at radius 3 is 2.53 bits per heavy atom. The van der Waals surface area contributed by atoms with Crippen molar-refractivity contribution in [2.45, 2.75) is 51.0 Å². The van der Waals surface area contributed by atoms with Gasteiger partial charge in [0.2, 0.25) is 0 Å². The predicted molar refractivity (Wildman–Crippen MR) is 66.2 cm³/mol. The highest BCUT2D eigenvalue weighted by molar-refractivity contribution is 6.17. The molecule has 1 fully saturated rings.